The first-order valence-electron chi connectivity index (χ1n) is 8.97. The van der Waals surface area contributed by atoms with Crippen LogP contribution in [0.5, 0.6) is 0 Å². The van der Waals surface area contributed by atoms with Crippen molar-refractivity contribution in [2.24, 2.45) is 0 Å². The summed E-state index contributed by atoms with van der Waals surface area (Å²) >= 11 is 0. The maximum Gasteiger partial charge on any atom is 0.409 e. The Balaban J connectivity index is 1.52. The first kappa shape index (κ1) is 17.7. The van der Waals surface area contributed by atoms with E-state index in [1.807, 2.05) is 0 Å². The van der Waals surface area contributed by atoms with E-state index in [1.165, 1.54) is 0 Å². The van der Waals surface area contributed by atoms with E-state index in [0.29, 0.717) is 50.5 Å². The highest BCUT2D eigenvalue weighted by molar-refractivity contribution is 5.74. The van der Waals surface area contributed by atoms with Crippen molar-refractivity contribution in [2.45, 2.75) is 44.8 Å². The van der Waals surface area contributed by atoms with Crippen molar-refractivity contribution in [3.05, 3.63) is 20.4 Å². The summed E-state index contributed by atoms with van der Waals surface area (Å²) < 4.78 is 10.5. The lowest BCUT2D eigenvalue weighted by Gasteiger charge is -2.32. The fourth-order valence-electron chi connectivity index (χ4n) is 3.34. The Kier molecular flexibility index (Phi) is 5.57. The summed E-state index contributed by atoms with van der Waals surface area (Å²) in [5.74, 6) is 0. The summed E-state index contributed by atoms with van der Waals surface area (Å²) in [5, 5.41) is 6.24. The molecule has 0 aliphatic carbocycles. The summed E-state index contributed by atoms with van der Waals surface area (Å²) in [6.07, 6.45) is 3.23. The van der Waals surface area contributed by atoms with E-state index >= 15 is 0 Å². The van der Waals surface area contributed by atoms with Gasteiger partial charge in [-0.1, -0.05) is 0 Å². The molecule has 0 saturated carbocycles. The molecule has 2 aliphatic heterocycles. The predicted molar refractivity (Wildman–Crippen MR) is 94.1 cm³/mol. The molecule has 2 N–H and O–H groups in total. The lowest BCUT2D eigenvalue weighted by atomic mass is 10.0. The number of anilines is 2. The lowest BCUT2D eigenvalue weighted by Crippen LogP contribution is -2.45. The van der Waals surface area contributed by atoms with Crippen LogP contribution in [0.1, 0.15) is 32.6 Å². The third-order valence-electron chi connectivity index (χ3n) is 4.81. The van der Waals surface area contributed by atoms with Gasteiger partial charge in [0.25, 0.3) is 10.9 Å². The fourth-order valence-corrected chi connectivity index (χ4v) is 3.34. The zero-order valence-electron chi connectivity index (χ0n) is 14.5. The van der Waals surface area contributed by atoms with Gasteiger partial charge in [-0.05, 0) is 32.6 Å². The van der Waals surface area contributed by atoms with Crippen molar-refractivity contribution >= 4 is 17.5 Å². The van der Waals surface area contributed by atoms with Crippen LogP contribution >= 0.6 is 0 Å². The Morgan fingerprint density at radius 1 is 1.20 bits per heavy atom. The molecule has 0 radical (unpaired) electrons. The van der Waals surface area contributed by atoms with Crippen molar-refractivity contribution in [3.63, 3.8) is 0 Å². The van der Waals surface area contributed by atoms with Gasteiger partial charge in [0.1, 0.15) is 11.4 Å². The van der Waals surface area contributed by atoms with Gasteiger partial charge in [-0.25, -0.2) is 4.79 Å². The van der Waals surface area contributed by atoms with Crippen molar-refractivity contribution in [1.82, 2.24) is 4.90 Å². The van der Waals surface area contributed by atoms with E-state index in [-0.39, 0.29) is 18.2 Å². The normalized spacial score (nSPS) is 21.5. The summed E-state index contributed by atoms with van der Waals surface area (Å²) in [4.78, 5) is 37.1. The number of hydrogen-bond donors (Lipinski definition) is 2. The zero-order valence-corrected chi connectivity index (χ0v) is 14.5. The average molecular weight is 351 g/mol. The minimum atomic E-state index is -0.470. The highest BCUT2D eigenvalue weighted by Crippen LogP contribution is 2.21. The van der Waals surface area contributed by atoms with Gasteiger partial charge in [-0.15, -0.1) is 0 Å². The molecule has 1 unspecified atom stereocenters. The molecule has 25 heavy (non-hydrogen) atoms. The Labute approximate surface area is 146 Å². The van der Waals surface area contributed by atoms with E-state index in [4.69, 9.17) is 9.47 Å². The Morgan fingerprint density at radius 2 is 1.92 bits per heavy atom. The van der Waals surface area contributed by atoms with Gasteiger partial charge in [0, 0.05) is 32.3 Å². The fraction of sp³-hybridized carbons (Fsp3) is 0.706. The summed E-state index contributed by atoms with van der Waals surface area (Å²) in [7, 11) is 0. The third kappa shape index (κ3) is 3.95. The Hall–Kier alpha value is -2.09. The van der Waals surface area contributed by atoms with Gasteiger partial charge < -0.3 is 25.0 Å². The van der Waals surface area contributed by atoms with Crippen molar-refractivity contribution < 1.29 is 14.3 Å². The number of carbonyl (C=O) groups excluding carboxylic acids is 1. The molecule has 3 rings (SSSR count). The predicted octanol–water partition coefficient (Wildman–Crippen LogP) is 0.906. The quantitative estimate of drug-likeness (QED) is 0.735. The lowest BCUT2D eigenvalue weighted by molar-refractivity contribution is 0.0983. The summed E-state index contributed by atoms with van der Waals surface area (Å²) in [5.41, 5.74) is -0.196. The van der Waals surface area contributed by atoms with Crippen LogP contribution in [0.15, 0.2) is 9.59 Å². The zero-order chi connectivity index (χ0) is 17.8. The second-order valence-electron chi connectivity index (χ2n) is 6.53. The van der Waals surface area contributed by atoms with Crippen LogP contribution in [0, 0.1) is 0 Å². The van der Waals surface area contributed by atoms with Crippen LogP contribution in [-0.4, -0.2) is 56.0 Å². The number of rotatable bonds is 6. The molecule has 0 spiro atoms. The SMILES string of the molecule is CCOC(=O)N1CCC(Nc2c(NCC3CCCO3)c(=O)c2=O)CC1. The van der Waals surface area contributed by atoms with Gasteiger partial charge in [0.05, 0.1) is 12.7 Å². The molecule has 2 heterocycles. The number of hydrogen-bond acceptors (Lipinski definition) is 7. The molecule has 138 valence electrons. The monoisotopic (exact) mass is 351 g/mol. The van der Waals surface area contributed by atoms with Crippen molar-refractivity contribution in [1.29, 1.82) is 0 Å². The second-order valence-corrected chi connectivity index (χ2v) is 6.53. The summed E-state index contributed by atoms with van der Waals surface area (Å²) in [6.45, 7) is 4.59. The van der Waals surface area contributed by atoms with Crippen LogP contribution in [0.25, 0.3) is 0 Å². The van der Waals surface area contributed by atoms with Gasteiger partial charge in [0.15, 0.2) is 0 Å². The molecule has 2 saturated heterocycles. The van der Waals surface area contributed by atoms with E-state index in [9.17, 15) is 14.4 Å². The highest BCUT2D eigenvalue weighted by Gasteiger charge is 2.28. The largest absolute Gasteiger partial charge is 0.450 e. The van der Waals surface area contributed by atoms with E-state index in [1.54, 1.807) is 11.8 Å². The molecule has 1 aromatic carbocycles. The van der Waals surface area contributed by atoms with E-state index < -0.39 is 10.9 Å². The van der Waals surface area contributed by atoms with Crippen LogP contribution in [-0.2, 0) is 9.47 Å². The molecule has 0 aromatic heterocycles. The number of likely N-dealkylation sites (tertiary alicyclic amines) is 1. The standard InChI is InChI=1S/C17H25N3O5/c1-2-24-17(23)20-7-5-11(6-8-20)19-14-13(15(21)16(14)22)18-10-12-4-3-9-25-12/h11-12,18-19H,2-10H2,1H3. The van der Waals surface area contributed by atoms with Crippen molar-refractivity contribution in [2.75, 3.05) is 43.5 Å². The number of piperidine rings is 1. The summed E-state index contributed by atoms with van der Waals surface area (Å²) in [6, 6.07) is 0.0669. The van der Waals surface area contributed by atoms with Crippen molar-refractivity contribution in [3.8, 4) is 0 Å². The highest BCUT2D eigenvalue weighted by atomic mass is 16.6. The van der Waals surface area contributed by atoms with Gasteiger partial charge >= 0.3 is 6.09 Å². The minimum absolute atomic E-state index is 0.0669. The van der Waals surface area contributed by atoms with Crippen LogP contribution in [0.4, 0.5) is 16.2 Å². The van der Waals surface area contributed by atoms with E-state index in [2.05, 4.69) is 10.6 Å². The van der Waals surface area contributed by atoms with Gasteiger partial charge in [-0.3, -0.25) is 9.59 Å². The first-order chi connectivity index (χ1) is 12.1. The number of carbonyl (C=O) groups is 1. The molecular formula is C17H25N3O5. The second kappa shape index (κ2) is 7.86. The number of amides is 1. The molecular weight excluding hydrogens is 326 g/mol. The number of nitrogens with one attached hydrogen (secondary N) is 2. The smallest absolute Gasteiger partial charge is 0.409 e. The first-order valence-corrected chi connectivity index (χ1v) is 8.97. The number of nitrogens with zero attached hydrogens (tertiary/aromatic N) is 1. The Bertz CT molecular complexity index is 668. The van der Waals surface area contributed by atoms with Crippen LogP contribution in [0.2, 0.25) is 0 Å². The van der Waals surface area contributed by atoms with Crippen LogP contribution in [0.3, 0.4) is 0 Å². The van der Waals surface area contributed by atoms with Crippen LogP contribution < -0.4 is 21.5 Å². The molecule has 2 fully saturated rings. The maximum atomic E-state index is 11.9. The maximum absolute atomic E-state index is 11.9. The average Bonchev–Trinajstić information content (AvgIpc) is 3.14. The molecule has 0 bridgehead atoms. The molecule has 8 nitrogen and oxygen atoms in total. The van der Waals surface area contributed by atoms with Gasteiger partial charge in [0.2, 0.25) is 0 Å². The minimum Gasteiger partial charge on any atom is -0.450 e. The molecule has 1 atom stereocenters. The Morgan fingerprint density at radius 3 is 2.56 bits per heavy atom. The molecule has 1 aromatic rings. The topological polar surface area (TPSA) is 97.0 Å². The third-order valence-corrected chi connectivity index (χ3v) is 4.81. The molecule has 1 amide bonds. The molecule has 8 heteroatoms. The van der Waals surface area contributed by atoms with Gasteiger partial charge in [-0.2, -0.15) is 0 Å². The molecule has 2 aliphatic rings. The van der Waals surface area contributed by atoms with E-state index in [0.717, 1.165) is 19.4 Å². The number of ether oxygens (including phenoxy) is 2.